The van der Waals surface area contributed by atoms with Gasteiger partial charge in [0.1, 0.15) is 0 Å². The Hall–Kier alpha value is -2.25. The van der Waals surface area contributed by atoms with Crippen molar-refractivity contribution in [1.82, 2.24) is 15.0 Å². The SMILES string of the molecule is C#Cc1ccn2cc(C(=O)NC3CC4CNC3C4)ccc12. The Balaban J connectivity index is 1.55. The van der Waals surface area contributed by atoms with Crippen molar-refractivity contribution in [3.63, 3.8) is 0 Å². The van der Waals surface area contributed by atoms with Gasteiger partial charge >= 0.3 is 0 Å². The van der Waals surface area contributed by atoms with Crippen LogP contribution in [0.25, 0.3) is 5.52 Å². The number of amides is 1. The molecule has 2 fully saturated rings. The maximum atomic E-state index is 12.4. The van der Waals surface area contributed by atoms with E-state index in [9.17, 15) is 4.79 Å². The maximum absolute atomic E-state index is 12.4. The van der Waals surface area contributed by atoms with E-state index in [1.165, 1.54) is 6.42 Å². The topological polar surface area (TPSA) is 45.5 Å². The molecule has 106 valence electrons. The summed E-state index contributed by atoms with van der Waals surface area (Å²) in [7, 11) is 0. The Bertz CT molecular complexity index is 755. The largest absolute Gasteiger partial charge is 0.348 e. The van der Waals surface area contributed by atoms with Crippen LogP contribution >= 0.6 is 0 Å². The monoisotopic (exact) mass is 279 g/mol. The van der Waals surface area contributed by atoms with Gasteiger partial charge in [-0.2, -0.15) is 0 Å². The van der Waals surface area contributed by atoms with Crippen molar-refractivity contribution < 1.29 is 4.79 Å². The molecule has 0 radical (unpaired) electrons. The maximum Gasteiger partial charge on any atom is 0.253 e. The summed E-state index contributed by atoms with van der Waals surface area (Å²) in [6.45, 7) is 1.10. The fourth-order valence-electron chi connectivity index (χ4n) is 3.63. The van der Waals surface area contributed by atoms with Gasteiger partial charge in [0.05, 0.1) is 11.1 Å². The summed E-state index contributed by atoms with van der Waals surface area (Å²) in [6, 6.07) is 6.34. The van der Waals surface area contributed by atoms with Crippen molar-refractivity contribution in [3.8, 4) is 12.3 Å². The van der Waals surface area contributed by atoms with Crippen LogP contribution in [0.2, 0.25) is 0 Å². The Kier molecular flexibility index (Phi) is 2.76. The minimum absolute atomic E-state index is 0.00722. The minimum atomic E-state index is -0.00722. The van der Waals surface area contributed by atoms with Gasteiger partial charge in [-0.1, -0.05) is 5.92 Å². The van der Waals surface area contributed by atoms with Crippen LogP contribution in [0.5, 0.6) is 0 Å². The molecule has 2 aromatic rings. The molecule has 0 spiro atoms. The lowest BCUT2D eigenvalue weighted by Crippen LogP contribution is -2.47. The third kappa shape index (κ3) is 2.01. The number of nitrogens with zero attached hydrogens (tertiary/aromatic N) is 1. The normalized spacial score (nSPS) is 26.9. The Morgan fingerprint density at radius 3 is 3.00 bits per heavy atom. The lowest BCUT2D eigenvalue weighted by Gasteiger charge is -2.24. The zero-order valence-electron chi connectivity index (χ0n) is 11.7. The molecule has 4 heteroatoms. The zero-order chi connectivity index (χ0) is 14.4. The molecule has 3 unspecified atom stereocenters. The van der Waals surface area contributed by atoms with Gasteiger partial charge in [0.2, 0.25) is 0 Å². The van der Waals surface area contributed by atoms with Crippen molar-refractivity contribution in [3.05, 3.63) is 41.7 Å². The third-order valence-electron chi connectivity index (χ3n) is 4.72. The quantitative estimate of drug-likeness (QED) is 0.816. The average molecular weight is 279 g/mol. The van der Waals surface area contributed by atoms with Gasteiger partial charge in [-0.15, -0.1) is 6.42 Å². The molecule has 3 heterocycles. The number of carbonyl (C=O) groups excluding carboxylic acids is 1. The van der Waals surface area contributed by atoms with Crippen molar-refractivity contribution >= 4 is 11.4 Å². The molecule has 1 amide bonds. The number of terminal acetylenes is 1. The first-order chi connectivity index (χ1) is 10.2. The summed E-state index contributed by atoms with van der Waals surface area (Å²) < 4.78 is 1.91. The van der Waals surface area contributed by atoms with E-state index in [2.05, 4.69) is 16.6 Å². The van der Waals surface area contributed by atoms with Crippen LogP contribution in [-0.2, 0) is 0 Å². The molecular weight excluding hydrogens is 262 g/mol. The van der Waals surface area contributed by atoms with Gasteiger partial charge in [0, 0.05) is 30.0 Å². The summed E-state index contributed by atoms with van der Waals surface area (Å²) in [5.74, 6) is 3.37. The highest BCUT2D eigenvalue weighted by molar-refractivity contribution is 5.94. The molecule has 2 bridgehead atoms. The fourth-order valence-corrected chi connectivity index (χ4v) is 3.63. The van der Waals surface area contributed by atoms with E-state index in [4.69, 9.17) is 6.42 Å². The summed E-state index contributed by atoms with van der Waals surface area (Å²) in [5, 5.41) is 6.62. The van der Waals surface area contributed by atoms with Crippen LogP contribution < -0.4 is 10.6 Å². The van der Waals surface area contributed by atoms with Gasteiger partial charge in [0.15, 0.2) is 0 Å². The molecule has 2 aromatic heterocycles. The number of piperidine rings is 1. The predicted octanol–water partition coefficient (Wildman–Crippen LogP) is 1.40. The lowest BCUT2D eigenvalue weighted by molar-refractivity contribution is 0.0928. The molecule has 21 heavy (non-hydrogen) atoms. The average Bonchev–Trinajstić information content (AvgIpc) is 3.21. The minimum Gasteiger partial charge on any atom is -0.348 e. The standard InChI is InChI=1S/C17H17N3O/c1-2-12-5-6-20-10-13(3-4-16(12)20)17(21)19-15-8-11-7-14(15)18-9-11/h1,3-6,10-11,14-15,18H,7-9H2,(H,19,21). The summed E-state index contributed by atoms with van der Waals surface area (Å²) >= 11 is 0. The second-order valence-electron chi connectivity index (χ2n) is 6.02. The highest BCUT2D eigenvalue weighted by Gasteiger charge is 2.40. The number of nitrogens with one attached hydrogen (secondary N) is 2. The Labute approximate surface area is 123 Å². The van der Waals surface area contributed by atoms with E-state index in [0.29, 0.717) is 11.6 Å². The van der Waals surface area contributed by atoms with Gasteiger partial charge in [0.25, 0.3) is 5.91 Å². The second-order valence-corrected chi connectivity index (χ2v) is 6.02. The van der Waals surface area contributed by atoms with E-state index in [-0.39, 0.29) is 11.9 Å². The molecule has 1 saturated heterocycles. The molecule has 2 aliphatic rings. The molecule has 1 aliphatic carbocycles. The van der Waals surface area contributed by atoms with E-state index in [1.807, 2.05) is 35.0 Å². The van der Waals surface area contributed by atoms with E-state index in [0.717, 1.165) is 30.0 Å². The second kappa shape index (κ2) is 4.64. The fraction of sp³-hybridized carbons (Fsp3) is 0.353. The Morgan fingerprint density at radius 2 is 2.29 bits per heavy atom. The number of hydrogen-bond acceptors (Lipinski definition) is 2. The lowest BCUT2D eigenvalue weighted by atomic mass is 10.1. The number of pyridine rings is 1. The van der Waals surface area contributed by atoms with Crippen molar-refractivity contribution in [1.29, 1.82) is 0 Å². The molecular formula is C17H17N3O. The van der Waals surface area contributed by atoms with Crippen molar-refractivity contribution in [2.24, 2.45) is 5.92 Å². The third-order valence-corrected chi connectivity index (χ3v) is 4.72. The molecule has 1 saturated carbocycles. The number of aromatic nitrogens is 1. The first-order valence-corrected chi connectivity index (χ1v) is 7.36. The molecule has 2 N–H and O–H groups in total. The number of fused-ring (bicyclic) bond motifs is 3. The van der Waals surface area contributed by atoms with Gasteiger partial charge in [-0.05, 0) is 43.5 Å². The first-order valence-electron chi connectivity index (χ1n) is 7.36. The molecule has 4 rings (SSSR count). The van der Waals surface area contributed by atoms with E-state index >= 15 is 0 Å². The van der Waals surface area contributed by atoms with Crippen LogP contribution in [0, 0.1) is 18.3 Å². The molecule has 3 atom stereocenters. The van der Waals surface area contributed by atoms with Crippen LogP contribution in [0.1, 0.15) is 28.8 Å². The molecule has 0 aromatic carbocycles. The number of hydrogen-bond donors (Lipinski definition) is 2. The van der Waals surface area contributed by atoms with Crippen LogP contribution in [0.3, 0.4) is 0 Å². The number of rotatable bonds is 2. The van der Waals surface area contributed by atoms with Crippen LogP contribution in [-0.4, -0.2) is 28.9 Å². The Morgan fingerprint density at radius 1 is 1.38 bits per heavy atom. The van der Waals surface area contributed by atoms with Gasteiger partial charge in [-0.3, -0.25) is 4.79 Å². The van der Waals surface area contributed by atoms with Gasteiger partial charge < -0.3 is 15.0 Å². The summed E-state index contributed by atoms with van der Waals surface area (Å²) in [6.07, 6.45) is 11.5. The molecule has 4 nitrogen and oxygen atoms in total. The van der Waals surface area contributed by atoms with Crippen LogP contribution in [0.15, 0.2) is 30.6 Å². The van der Waals surface area contributed by atoms with E-state index in [1.54, 1.807) is 0 Å². The highest BCUT2D eigenvalue weighted by atomic mass is 16.1. The summed E-state index contributed by atoms with van der Waals surface area (Å²) in [5.41, 5.74) is 2.47. The van der Waals surface area contributed by atoms with Crippen LogP contribution in [0.4, 0.5) is 0 Å². The first kappa shape index (κ1) is 12.5. The van der Waals surface area contributed by atoms with E-state index < -0.39 is 0 Å². The van der Waals surface area contributed by atoms with Gasteiger partial charge in [-0.25, -0.2) is 0 Å². The van der Waals surface area contributed by atoms with Crippen molar-refractivity contribution in [2.45, 2.75) is 24.9 Å². The molecule has 1 aliphatic heterocycles. The summed E-state index contributed by atoms with van der Waals surface area (Å²) in [4.78, 5) is 12.4. The highest BCUT2D eigenvalue weighted by Crippen LogP contribution is 2.31. The zero-order valence-corrected chi connectivity index (χ0v) is 11.7. The number of carbonyl (C=O) groups is 1. The smallest absolute Gasteiger partial charge is 0.253 e. The predicted molar refractivity (Wildman–Crippen MR) is 81.1 cm³/mol. The van der Waals surface area contributed by atoms with Crippen molar-refractivity contribution in [2.75, 3.05) is 6.54 Å².